The van der Waals surface area contributed by atoms with E-state index in [2.05, 4.69) is 17.2 Å². The Kier molecular flexibility index (Phi) is 5.75. The monoisotopic (exact) mass is 174 g/mol. The van der Waals surface area contributed by atoms with Gasteiger partial charge in [0.15, 0.2) is 0 Å². The molecule has 0 aromatic heterocycles. The molecule has 2 nitrogen and oxygen atoms in total. The number of nitrogens with one attached hydrogen (secondary N) is 2. The first-order valence-electron chi connectivity index (χ1n) is 3.68. The molecule has 0 aliphatic carbocycles. The summed E-state index contributed by atoms with van der Waals surface area (Å²) in [6.45, 7) is 7.53. The normalized spacial score (nSPS) is 13.9. The van der Waals surface area contributed by atoms with Crippen molar-refractivity contribution in [3.05, 3.63) is 24.0 Å². The zero-order valence-electron chi connectivity index (χ0n) is 7.02. The lowest BCUT2D eigenvalue weighted by Gasteiger charge is -2.11. The van der Waals surface area contributed by atoms with Gasteiger partial charge in [-0.15, -0.1) is 0 Å². The van der Waals surface area contributed by atoms with Gasteiger partial charge in [-0.2, -0.15) is 0 Å². The highest BCUT2D eigenvalue weighted by molar-refractivity contribution is 6.29. The summed E-state index contributed by atoms with van der Waals surface area (Å²) in [6, 6.07) is 0. The Balaban J connectivity index is 3.58. The van der Waals surface area contributed by atoms with Gasteiger partial charge >= 0.3 is 0 Å². The lowest BCUT2D eigenvalue weighted by molar-refractivity contribution is 0.581. The maximum atomic E-state index is 5.75. The molecule has 0 saturated carbocycles. The first-order chi connectivity index (χ1) is 5.20. The molecule has 0 aliphatic heterocycles. The van der Waals surface area contributed by atoms with Crippen molar-refractivity contribution < 1.29 is 0 Å². The zero-order valence-corrected chi connectivity index (χ0v) is 7.78. The molecule has 0 radical (unpaired) electrons. The number of hydrogen-bond donors (Lipinski definition) is 2. The fraction of sp³-hybridized carbons (Fsp3) is 0.500. The van der Waals surface area contributed by atoms with Crippen LogP contribution in [-0.4, -0.2) is 6.17 Å². The van der Waals surface area contributed by atoms with Crippen molar-refractivity contribution in [1.82, 2.24) is 10.6 Å². The van der Waals surface area contributed by atoms with Crippen molar-refractivity contribution in [3.8, 4) is 0 Å². The summed E-state index contributed by atoms with van der Waals surface area (Å²) in [5.41, 5.74) is 0. The molecule has 3 heteroatoms. The van der Waals surface area contributed by atoms with Gasteiger partial charge in [0.1, 0.15) is 0 Å². The molecule has 0 bridgehead atoms. The minimum absolute atomic E-state index is 0.174. The molecule has 0 rings (SSSR count). The van der Waals surface area contributed by atoms with E-state index in [1.165, 1.54) is 0 Å². The van der Waals surface area contributed by atoms with Crippen LogP contribution in [0.5, 0.6) is 0 Å². The average Bonchev–Trinajstić information content (AvgIpc) is 2.01. The molecule has 0 heterocycles. The number of rotatable bonds is 5. The zero-order chi connectivity index (χ0) is 8.69. The Morgan fingerprint density at radius 2 is 2.27 bits per heavy atom. The van der Waals surface area contributed by atoms with Crippen LogP contribution >= 0.6 is 11.6 Å². The molecular formula is C8H15ClN2. The molecule has 0 spiro atoms. The molecule has 0 aliphatic rings. The van der Waals surface area contributed by atoms with Gasteiger partial charge < -0.3 is 10.6 Å². The van der Waals surface area contributed by atoms with E-state index in [-0.39, 0.29) is 6.17 Å². The Labute approximate surface area is 73.3 Å². The van der Waals surface area contributed by atoms with Crippen molar-refractivity contribution in [2.75, 3.05) is 0 Å². The third-order valence-electron chi connectivity index (χ3n) is 1.20. The summed E-state index contributed by atoms with van der Waals surface area (Å²) in [7, 11) is 0. The lowest BCUT2D eigenvalue weighted by Crippen LogP contribution is -2.32. The molecule has 0 saturated heterocycles. The topological polar surface area (TPSA) is 24.1 Å². The van der Waals surface area contributed by atoms with E-state index in [4.69, 9.17) is 11.6 Å². The van der Waals surface area contributed by atoms with Gasteiger partial charge in [-0.05, 0) is 19.5 Å². The predicted molar refractivity (Wildman–Crippen MR) is 50.2 cm³/mol. The fourth-order valence-corrected chi connectivity index (χ4v) is 0.605. The second kappa shape index (κ2) is 6.10. The van der Waals surface area contributed by atoms with Crippen molar-refractivity contribution in [3.63, 3.8) is 0 Å². The number of hydrogen-bond acceptors (Lipinski definition) is 2. The van der Waals surface area contributed by atoms with Crippen LogP contribution in [0.3, 0.4) is 0 Å². The maximum absolute atomic E-state index is 5.75. The van der Waals surface area contributed by atoms with Gasteiger partial charge in [-0.1, -0.05) is 25.1 Å². The largest absolute Gasteiger partial charge is 0.372 e. The molecule has 0 amide bonds. The molecule has 0 fully saturated rings. The molecule has 1 atom stereocenters. The van der Waals surface area contributed by atoms with Gasteiger partial charge in [0.25, 0.3) is 0 Å². The fourth-order valence-electron chi connectivity index (χ4n) is 0.542. The van der Waals surface area contributed by atoms with Crippen molar-refractivity contribution in [2.45, 2.75) is 26.4 Å². The van der Waals surface area contributed by atoms with Crippen LogP contribution in [0.15, 0.2) is 24.0 Å². The van der Waals surface area contributed by atoms with Gasteiger partial charge in [0.05, 0.1) is 6.17 Å². The summed E-state index contributed by atoms with van der Waals surface area (Å²) in [5, 5.41) is 6.85. The third-order valence-corrected chi connectivity index (χ3v) is 1.57. The molecule has 2 N–H and O–H groups in total. The first kappa shape index (κ1) is 10.4. The van der Waals surface area contributed by atoms with Crippen LogP contribution in [0.2, 0.25) is 0 Å². The van der Waals surface area contributed by atoms with Crippen molar-refractivity contribution in [1.29, 1.82) is 0 Å². The van der Waals surface area contributed by atoms with Crippen molar-refractivity contribution in [2.24, 2.45) is 0 Å². The Morgan fingerprint density at radius 3 is 2.73 bits per heavy atom. The highest BCUT2D eigenvalue weighted by atomic mass is 35.5. The Morgan fingerprint density at radius 1 is 1.64 bits per heavy atom. The average molecular weight is 175 g/mol. The second-order valence-corrected chi connectivity index (χ2v) is 2.69. The summed E-state index contributed by atoms with van der Waals surface area (Å²) < 4.78 is 0. The maximum Gasteiger partial charge on any atom is 0.0925 e. The van der Waals surface area contributed by atoms with Crippen LogP contribution in [0.4, 0.5) is 0 Å². The van der Waals surface area contributed by atoms with E-state index < -0.39 is 0 Å². The number of halogens is 1. The summed E-state index contributed by atoms with van der Waals surface area (Å²) in [6.07, 6.45) is 4.47. The standard InChI is InChI=1S/C8H15ClN2/c1-4-8(9)6-11-7(3)10-5-2/h5-7,10-11H,2,4H2,1,3H3/b8-6+. The predicted octanol–water partition coefficient (Wildman–Crippen LogP) is 2.15. The summed E-state index contributed by atoms with van der Waals surface area (Å²) in [4.78, 5) is 0. The van der Waals surface area contributed by atoms with Crippen LogP contribution in [0.1, 0.15) is 20.3 Å². The minimum atomic E-state index is 0.174. The molecule has 64 valence electrons. The van der Waals surface area contributed by atoms with E-state index in [0.717, 1.165) is 11.5 Å². The summed E-state index contributed by atoms with van der Waals surface area (Å²) >= 11 is 5.75. The van der Waals surface area contributed by atoms with Gasteiger partial charge in [-0.3, -0.25) is 0 Å². The Bertz CT molecular complexity index is 143. The SMILES string of the molecule is C=CNC(C)N/C=C(/Cl)CC. The minimum Gasteiger partial charge on any atom is -0.372 e. The van der Waals surface area contributed by atoms with Crippen LogP contribution in [-0.2, 0) is 0 Å². The third kappa shape index (κ3) is 5.80. The van der Waals surface area contributed by atoms with Gasteiger partial charge in [0, 0.05) is 11.2 Å². The van der Waals surface area contributed by atoms with E-state index in [1.807, 2.05) is 13.8 Å². The van der Waals surface area contributed by atoms with E-state index in [9.17, 15) is 0 Å². The number of allylic oxidation sites excluding steroid dienone is 1. The van der Waals surface area contributed by atoms with E-state index in [0.29, 0.717) is 0 Å². The van der Waals surface area contributed by atoms with Gasteiger partial charge in [-0.25, -0.2) is 0 Å². The van der Waals surface area contributed by atoms with E-state index in [1.54, 1.807) is 12.4 Å². The van der Waals surface area contributed by atoms with Crippen LogP contribution in [0.25, 0.3) is 0 Å². The van der Waals surface area contributed by atoms with Crippen LogP contribution < -0.4 is 10.6 Å². The molecule has 0 aromatic carbocycles. The smallest absolute Gasteiger partial charge is 0.0925 e. The van der Waals surface area contributed by atoms with Gasteiger partial charge in [0.2, 0.25) is 0 Å². The molecule has 1 unspecified atom stereocenters. The highest BCUT2D eigenvalue weighted by Gasteiger charge is 1.92. The second-order valence-electron chi connectivity index (χ2n) is 2.20. The Hall–Kier alpha value is -0.630. The first-order valence-corrected chi connectivity index (χ1v) is 4.06. The molecule has 0 aromatic rings. The van der Waals surface area contributed by atoms with E-state index >= 15 is 0 Å². The van der Waals surface area contributed by atoms with Crippen molar-refractivity contribution >= 4 is 11.6 Å². The highest BCUT2D eigenvalue weighted by Crippen LogP contribution is 2.03. The quantitative estimate of drug-likeness (QED) is 0.625. The molecule has 11 heavy (non-hydrogen) atoms. The lowest BCUT2D eigenvalue weighted by atomic mass is 10.4. The van der Waals surface area contributed by atoms with Crippen LogP contribution in [0, 0.1) is 0 Å². The summed E-state index contributed by atoms with van der Waals surface area (Å²) in [5.74, 6) is 0. The molecular weight excluding hydrogens is 160 g/mol.